The third kappa shape index (κ3) is 2.93. The van der Waals surface area contributed by atoms with Gasteiger partial charge < -0.3 is 11.0 Å². The molecule has 0 saturated heterocycles. The average molecular weight is 289 g/mol. The van der Waals surface area contributed by atoms with Gasteiger partial charge in [-0.05, 0) is 18.6 Å². The molecule has 22 heavy (non-hydrogen) atoms. The van der Waals surface area contributed by atoms with Crippen molar-refractivity contribution in [1.29, 1.82) is 0 Å². The quantitative estimate of drug-likeness (QED) is 0.570. The van der Waals surface area contributed by atoms with Gasteiger partial charge in [-0.3, -0.25) is 0 Å². The van der Waals surface area contributed by atoms with E-state index in [0.717, 1.165) is 39.5 Å². The molecule has 0 bridgehead atoms. The number of nitrogens with one attached hydrogen (secondary N) is 1. The van der Waals surface area contributed by atoms with Gasteiger partial charge in [0.25, 0.3) is 0 Å². The summed E-state index contributed by atoms with van der Waals surface area (Å²) in [4.78, 5) is 8.62. The first kappa shape index (κ1) is 12.9. The van der Waals surface area contributed by atoms with Crippen LogP contribution in [0.4, 0.5) is 17.2 Å². The summed E-state index contributed by atoms with van der Waals surface area (Å²) in [5.74, 6) is 0.724. The number of aromatic nitrogens is 2. The molecule has 0 unspecified atom stereocenters. The summed E-state index contributed by atoms with van der Waals surface area (Å²) >= 11 is 0. The van der Waals surface area contributed by atoms with Crippen molar-refractivity contribution in [3.05, 3.63) is 60.4 Å². The number of benzene rings is 2. The van der Waals surface area contributed by atoms with Gasteiger partial charge in [0.15, 0.2) is 1.41 Å². The molecule has 0 spiro atoms. The second kappa shape index (κ2) is 5.89. The molecule has 3 aromatic rings. The fourth-order valence-corrected chi connectivity index (χ4v) is 2.32. The number of anilines is 3. The molecule has 4 nitrogen and oxygen atoms in total. The van der Waals surface area contributed by atoms with E-state index in [9.17, 15) is 0 Å². The molecule has 0 fully saturated rings. The second-order valence-electron chi connectivity index (χ2n) is 5.26. The molecule has 0 saturated carbocycles. The van der Waals surface area contributed by atoms with Crippen LogP contribution in [0.3, 0.4) is 0 Å². The number of nitrogens with zero attached hydrogens (tertiary/aromatic N) is 2. The lowest BCUT2D eigenvalue weighted by molar-refractivity contribution is 1.17. The highest BCUT2D eigenvalue weighted by molar-refractivity contribution is 6.36. The van der Waals surface area contributed by atoms with Crippen LogP contribution in [0.15, 0.2) is 54.9 Å². The Balaban J connectivity index is 1.92. The Hall–Kier alpha value is -2.82. The molecule has 0 aliphatic heterocycles. The minimum absolute atomic E-state index is 0.724. The number of rotatable bonds is 4. The van der Waals surface area contributed by atoms with Crippen molar-refractivity contribution in [3.63, 3.8) is 0 Å². The van der Waals surface area contributed by atoms with Crippen LogP contribution in [0.25, 0.3) is 11.3 Å². The van der Waals surface area contributed by atoms with Crippen molar-refractivity contribution in [3.8, 4) is 11.3 Å². The molecule has 0 aliphatic carbocycles. The monoisotopic (exact) mass is 289 g/mol. The maximum atomic E-state index is 7.37. The van der Waals surface area contributed by atoms with E-state index in [-0.39, 0.29) is 0 Å². The topological polar surface area (TPSA) is 63.8 Å². The smallest absolute Gasteiger partial charge is 0.156 e. The first-order valence-electron chi connectivity index (χ1n) is 7.61. The van der Waals surface area contributed by atoms with Crippen LogP contribution in [0.1, 0.15) is 5.56 Å². The van der Waals surface area contributed by atoms with Crippen molar-refractivity contribution in [2.75, 3.05) is 11.0 Å². The number of nitrogen functional groups attached to an aromatic ring is 1. The molecule has 3 rings (SSSR count). The lowest BCUT2D eigenvalue weighted by Crippen LogP contribution is -2.12. The summed E-state index contributed by atoms with van der Waals surface area (Å²) < 4.78 is 7.37. The highest BCUT2D eigenvalue weighted by Gasteiger charge is 2.05. The summed E-state index contributed by atoms with van der Waals surface area (Å²) in [7, 11) is 2.03. The molecule has 0 radical (unpaired) electrons. The van der Waals surface area contributed by atoms with Gasteiger partial charge in [0, 0.05) is 23.0 Å². The average Bonchev–Trinajstić information content (AvgIpc) is 2.58. The molecule has 0 amide bonds. The zero-order chi connectivity index (χ0) is 16.2. The Labute approximate surface area is 132 Å². The first-order valence-corrected chi connectivity index (χ1v) is 7.11. The fourth-order valence-electron chi connectivity index (χ4n) is 2.32. The summed E-state index contributed by atoms with van der Waals surface area (Å²) in [6.07, 6.45) is 1.55. The fraction of sp³-hybridized carbons (Fsp3) is 0.0588. The van der Waals surface area contributed by atoms with Gasteiger partial charge in [0.1, 0.15) is 20.0 Å². The maximum Gasteiger partial charge on any atom is 0.156 e. The molecule has 3 N–H and O–H groups in total. The zero-order valence-electron chi connectivity index (χ0n) is 13.6. The highest BCUT2D eigenvalue weighted by Crippen LogP contribution is 2.21. The van der Waals surface area contributed by atoms with Crippen LogP contribution in [-0.4, -0.2) is 17.8 Å². The van der Waals surface area contributed by atoms with E-state index in [4.69, 9.17) is 1.41 Å². The maximum absolute atomic E-state index is 7.37. The largest absolute Gasteiger partial charge is 0.398 e. The van der Waals surface area contributed by atoms with Crippen molar-refractivity contribution in [1.82, 2.24) is 9.97 Å². The molecule has 1 aromatic heterocycles. The van der Waals surface area contributed by atoms with Gasteiger partial charge in [0.05, 0.1) is 5.69 Å². The van der Waals surface area contributed by atoms with Crippen molar-refractivity contribution >= 4 is 30.5 Å². The van der Waals surface area contributed by atoms with Gasteiger partial charge in [-0.15, -0.1) is 0 Å². The Kier molecular flexibility index (Phi) is 3.45. The zero-order valence-corrected chi connectivity index (χ0v) is 12.6. The third-order valence-corrected chi connectivity index (χ3v) is 3.57. The van der Waals surface area contributed by atoms with E-state index >= 15 is 0 Å². The van der Waals surface area contributed by atoms with E-state index in [1.807, 2.05) is 63.3 Å². The van der Waals surface area contributed by atoms with E-state index in [0.29, 0.717) is 0 Å². The normalized spacial score (nSPS) is 10.9. The minimum atomic E-state index is 0.724. The Morgan fingerprint density at radius 2 is 1.95 bits per heavy atom. The number of hydrogen-bond donors (Lipinski definition) is 2. The Morgan fingerprint density at radius 3 is 2.73 bits per heavy atom. The summed E-state index contributed by atoms with van der Waals surface area (Å²) in [6.45, 7) is 1.98. The first-order chi connectivity index (χ1) is 11.2. The third-order valence-electron chi connectivity index (χ3n) is 3.57. The summed E-state index contributed by atoms with van der Waals surface area (Å²) in [5.41, 5.74) is 8.21. The number of hydrogen-bond acceptors (Lipinski definition) is 4. The predicted molar refractivity (Wildman–Crippen MR) is 94.5 cm³/mol. The van der Waals surface area contributed by atoms with Crippen molar-refractivity contribution < 1.29 is 1.41 Å². The van der Waals surface area contributed by atoms with Gasteiger partial charge in [-0.25, -0.2) is 9.97 Å². The molecule has 0 atom stereocenters. The van der Waals surface area contributed by atoms with Crippen LogP contribution in [0.2, 0.25) is 1.41 Å². The van der Waals surface area contributed by atoms with E-state index in [2.05, 4.69) is 21.0 Å². The molecule has 5 heteroatoms. The number of aryl methyl sites for hydroxylation is 1. The van der Waals surface area contributed by atoms with Crippen LogP contribution < -0.4 is 16.5 Å². The lowest BCUT2D eigenvalue weighted by atomic mass is 9.91. The Morgan fingerprint density at radius 1 is 1.14 bits per heavy atom. The molecular weight excluding hydrogens is 271 g/mol. The van der Waals surface area contributed by atoms with E-state index in [1.54, 1.807) is 6.33 Å². The molecule has 108 valence electrons. The summed E-state index contributed by atoms with van der Waals surface area (Å²) in [6, 6.07) is 15.9. The highest BCUT2D eigenvalue weighted by atomic mass is 15.0. The predicted octanol–water partition coefficient (Wildman–Crippen LogP) is 2.04. The van der Waals surface area contributed by atoms with E-state index < -0.39 is 0 Å². The SMILES string of the molecule is [2H]Nc1cc(Nc2cc(-c3ccccc3)ncn2)c(B)cc1C. The molecule has 2 aromatic carbocycles. The second-order valence-corrected chi connectivity index (χ2v) is 5.26. The number of nitrogens with two attached hydrogens (primary N) is 1. The van der Waals surface area contributed by atoms with Gasteiger partial charge >= 0.3 is 0 Å². The van der Waals surface area contributed by atoms with Crippen LogP contribution in [0, 0.1) is 6.92 Å². The molecule has 1 heterocycles. The van der Waals surface area contributed by atoms with Gasteiger partial charge in [-0.2, -0.15) is 0 Å². The van der Waals surface area contributed by atoms with Gasteiger partial charge in [-0.1, -0.05) is 41.9 Å². The molecular formula is C17H17BN4. The lowest BCUT2D eigenvalue weighted by Gasteiger charge is -2.12. The van der Waals surface area contributed by atoms with Crippen LogP contribution in [0.5, 0.6) is 0 Å². The minimum Gasteiger partial charge on any atom is -0.398 e. The van der Waals surface area contributed by atoms with Crippen molar-refractivity contribution in [2.24, 2.45) is 0 Å². The summed E-state index contributed by atoms with van der Waals surface area (Å²) in [5, 5.41) is 3.31. The van der Waals surface area contributed by atoms with Gasteiger partial charge in [0.2, 0.25) is 0 Å². The standard InChI is InChI=1S/C17H17BN4/c1-11-7-13(18)16(8-14(11)19)22-17-9-15(20-10-21-17)12-5-3-2-4-6-12/h2-10H,18-19H2,1H3,(H,20,21,22)/i/hD. The van der Waals surface area contributed by atoms with Crippen LogP contribution >= 0.6 is 0 Å². The Bertz CT molecular complexity index is 824. The van der Waals surface area contributed by atoms with Crippen LogP contribution in [-0.2, 0) is 0 Å². The molecule has 0 aliphatic rings. The van der Waals surface area contributed by atoms with E-state index in [1.165, 1.54) is 0 Å². The van der Waals surface area contributed by atoms with Crippen molar-refractivity contribution in [2.45, 2.75) is 6.92 Å².